The van der Waals surface area contributed by atoms with Crippen LogP contribution in [0, 0.1) is 6.92 Å². The van der Waals surface area contributed by atoms with Gasteiger partial charge in [-0.2, -0.15) is 0 Å². The Labute approximate surface area is 139 Å². The molecule has 0 saturated carbocycles. The van der Waals surface area contributed by atoms with Crippen molar-refractivity contribution in [3.05, 3.63) is 53.6 Å². The van der Waals surface area contributed by atoms with Gasteiger partial charge in [-0.25, -0.2) is 0 Å². The van der Waals surface area contributed by atoms with E-state index in [9.17, 15) is 0 Å². The summed E-state index contributed by atoms with van der Waals surface area (Å²) in [6.07, 6.45) is 1.92. The first-order valence-corrected chi connectivity index (χ1v) is 8.28. The Kier molecular flexibility index (Phi) is 6.33. The van der Waals surface area contributed by atoms with E-state index in [2.05, 4.69) is 26.0 Å². The molecule has 0 radical (unpaired) electrons. The van der Waals surface area contributed by atoms with Crippen molar-refractivity contribution in [2.75, 3.05) is 18.9 Å². The summed E-state index contributed by atoms with van der Waals surface area (Å²) in [6.45, 7) is 7.75. The van der Waals surface area contributed by atoms with Crippen LogP contribution in [0.5, 0.6) is 11.5 Å². The number of nitrogens with two attached hydrogens (primary N) is 1. The minimum absolute atomic E-state index is 0.552. The number of benzene rings is 2. The van der Waals surface area contributed by atoms with Crippen molar-refractivity contribution in [3.63, 3.8) is 0 Å². The van der Waals surface area contributed by atoms with Crippen LogP contribution in [0.15, 0.2) is 42.5 Å². The quantitative estimate of drug-likeness (QED) is 0.554. The third-order valence-corrected chi connectivity index (χ3v) is 3.94. The SMILES string of the molecule is Cc1c(N)cccc1OCCCCOc1ccc(C(C)C)cc1. The van der Waals surface area contributed by atoms with Crippen LogP contribution in [0.25, 0.3) is 0 Å². The fraction of sp³-hybridized carbons (Fsp3) is 0.400. The molecule has 0 spiro atoms. The monoisotopic (exact) mass is 313 g/mol. The first kappa shape index (κ1) is 17.2. The fourth-order valence-electron chi connectivity index (χ4n) is 2.31. The van der Waals surface area contributed by atoms with Crippen LogP contribution in [0.3, 0.4) is 0 Å². The van der Waals surface area contributed by atoms with Crippen molar-refractivity contribution < 1.29 is 9.47 Å². The smallest absolute Gasteiger partial charge is 0.124 e. The van der Waals surface area contributed by atoms with Crippen LogP contribution in [-0.4, -0.2) is 13.2 Å². The van der Waals surface area contributed by atoms with Gasteiger partial charge >= 0.3 is 0 Å². The predicted octanol–water partition coefficient (Wildman–Crippen LogP) is 4.94. The molecule has 124 valence electrons. The van der Waals surface area contributed by atoms with Gasteiger partial charge in [0.15, 0.2) is 0 Å². The molecule has 0 bridgehead atoms. The average Bonchev–Trinajstić information content (AvgIpc) is 2.55. The van der Waals surface area contributed by atoms with E-state index in [1.54, 1.807) is 0 Å². The van der Waals surface area contributed by atoms with Gasteiger partial charge in [0.05, 0.1) is 13.2 Å². The maximum absolute atomic E-state index is 5.87. The molecule has 2 aromatic rings. The Balaban J connectivity index is 1.65. The van der Waals surface area contributed by atoms with Crippen molar-refractivity contribution in [2.45, 2.75) is 39.5 Å². The first-order valence-electron chi connectivity index (χ1n) is 8.28. The van der Waals surface area contributed by atoms with Gasteiger partial charge < -0.3 is 15.2 Å². The van der Waals surface area contributed by atoms with Gasteiger partial charge in [-0.15, -0.1) is 0 Å². The van der Waals surface area contributed by atoms with E-state index in [1.807, 2.05) is 37.3 Å². The molecule has 0 fully saturated rings. The van der Waals surface area contributed by atoms with E-state index >= 15 is 0 Å². The van der Waals surface area contributed by atoms with Crippen LogP contribution in [0.4, 0.5) is 5.69 Å². The van der Waals surface area contributed by atoms with Crippen molar-refractivity contribution in [3.8, 4) is 11.5 Å². The molecule has 2 rings (SSSR count). The van der Waals surface area contributed by atoms with Crippen molar-refractivity contribution in [2.24, 2.45) is 0 Å². The zero-order valence-electron chi connectivity index (χ0n) is 14.3. The van der Waals surface area contributed by atoms with Crippen molar-refractivity contribution in [1.29, 1.82) is 0 Å². The maximum Gasteiger partial charge on any atom is 0.124 e. The Morgan fingerprint density at radius 2 is 1.57 bits per heavy atom. The molecule has 3 nitrogen and oxygen atoms in total. The van der Waals surface area contributed by atoms with Gasteiger partial charge in [-0.05, 0) is 55.5 Å². The molecule has 0 amide bonds. The molecule has 0 aromatic heterocycles. The summed E-state index contributed by atoms with van der Waals surface area (Å²) >= 11 is 0. The van der Waals surface area contributed by atoms with Crippen LogP contribution < -0.4 is 15.2 Å². The number of hydrogen-bond acceptors (Lipinski definition) is 3. The largest absolute Gasteiger partial charge is 0.494 e. The maximum atomic E-state index is 5.87. The van der Waals surface area contributed by atoms with Gasteiger partial charge in [0.25, 0.3) is 0 Å². The molecular weight excluding hydrogens is 286 g/mol. The number of rotatable bonds is 8. The lowest BCUT2D eigenvalue weighted by atomic mass is 10.0. The summed E-state index contributed by atoms with van der Waals surface area (Å²) in [5, 5.41) is 0. The molecule has 0 aliphatic rings. The number of unbranched alkanes of at least 4 members (excludes halogenated alkanes) is 1. The summed E-state index contributed by atoms with van der Waals surface area (Å²) < 4.78 is 11.5. The highest BCUT2D eigenvalue weighted by atomic mass is 16.5. The summed E-state index contributed by atoms with van der Waals surface area (Å²) in [6, 6.07) is 14.1. The Morgan fingerprint density at radius 1 is 0.913 bits per heavy atom. The predicted molar refractivity (Wildman–Crippen MR) is 96.3 cm³/mol. The van der Waals surface area contributed by atoms with E-state index in [0.717, 1.165) is 35.6 Å². The van der Waals surface area contributed by atoms with Gasteiger partial charge in [0, 0.05) is 11.3 Å². The minimum atomic E-state index is 0.552. The standard InChI is InChI=1S/C20H27NO2/c1-15(2)17-9-11-18(12-10-17)22-13-4-5-14-23-20-8-6-7-19(21)16(20)3/h6-12,15H,4-5,13-14,21H2,1-3H3. The molecule has 0 aliphatic heterocycles. The van der Waals surface area contributed by atoms with Crippen LogP contribution in [-0.2, 0) is 0 Å². The second kappa shape index (κ2) is 8.47. The fourth-order valence-corrected chi connectivity index (χ4v) is 2.31. The molecule has 0 heterocycles. The lowest BCUT2D eigenvalue weighted by Gasteiger charge is -2.11. The highest BCUT2D eigenvalue weighted by Crippen LogP contribution is 2.23. The molecule has 0 atom stereocenters. The van der Waals surface area contributed by atoms with Crippen molar-refractivity contribution in [1.82, 2.24) is 0 Å². The van der Waals surface area contributed by atoms with Crippen molar-refractivity contribution >= 4 is 5.69 Å². The second-order valence-electron chi connectivity index (χ2n) is 6.10. The summed E-state index contributed by atoms with van der Waals surface area (Å²) in [5.41, 5.74) is 8.98. The Morgan fingerprint density at radius 3 is 2.22 bits per heavy atom. The molecule has 0 saturated heterocycles. The number of nitrogen functional groups attached to an aromatic ring is 1. The Hall–Kier alpha value is -2.16. The zero-order valence-corrected chi connectivity index (χ0v) is 14.3. The summed E-state index contributed by atoms with van der Waals surface area (Å²) in [7, 11) is 0. The summed E-state index contributed by atoms with van der Waals surface area (Å²) in [5.74, 6) is 2.36. The third kappa shape index (κ3) is 5.20. The summed E-state index contributed by atoms with van der Waals surface area (Å²) in [4.78, 5) is 0. The van der Waals surface area contributed by atoms with Crippen LogP contribution in [0.1, 0.15) is 43.7 Å². The number of anilines is 1. The van der Waals surface area contributed by atoms with E-state index in [4.69, 9.17) is 15.2 Å². The number of hydrogen-bond donors (Lipinski definition) is 1. The molecule has 3 heteroatoms. The first-order chi connectivity index (χ1) is 11.1. The van der Waals surface area contributed by atoms with Gasteiger partial charge in [0.2, 0.25) is 0 Å². The second-order valence-corrected chi connectivity index (χ2v) is 6.10. The van der Waals surface area contributed by atoms with E-state index in [-0.39, 0.29) is 0 Å². The molecule has 2 N–H and O–H groups in total. The van der Waals surface area contributed by atoms with Gasteiger partial charge in [-0.1, -0.05) is 32.0 Å². The van der Waals surface area contributed by atoms with E-state index in [1.165, 1.54) is 5.56 Å². The highest BCUT2D eigenvalue weighted by molar-refractivity contribution is 5.53. The zero-order chi connectivity index (χ0) is 16.7. The number of ether oxygens (including phenoxy) is 2. The van der Waals surface area contributed by atoms with Crippen LogP contribution >= 0.6 is 0 Å². The van der Waals surface area contributed by atoms with Gasteiger partial charge in [0.1, 0.15) is 11.5 Å². The molecule has 23 heavy (non-hydrogen) atoms. The lowest BCUT2D eigenvalue weighted by molar-refractivity contribution is 0.265. The van der Waals surface area contributed by atoms with Crippen LogP contribution in [0.2, 0.25) is 0 Å². The third-order valence-electron chi connectivity index (χ3n) is 3.94. The minimum Gasteiger partial charge on any atom is -0.494 e. The van der Waals surface area contributed by atoms with E-state index < -0.39 is 0 Å². The highest BCUT2D eigenvalue weighted by Gasteiger charge is 2.02. The molecule has 0 aliphatic carbocycles. The van der Waals surface area contributed by atoms with E-state index in [0.29, 0.717) is 19.1 Å². The van der Waals surface area contributed by atoms with Gasteiger partial charge in [-0.3, -0.25) is 0 Å². The topological polar surface area (TPSA) is 44.5 Å². The normalized spacial score (nSPS) is 10.8. The lowest BCUT2D eigenvalue weighted by Crippen LogP contribution is -2.04. The molecule has 2 aromatic carbocycles. The Bertz CT molecular complexity index is 606. The average molecular weight is 313 g/mol. The molecular formula is C20H27NO2. The molecule has 0 unspecified atom stereocenters.